The molecule has 0 fully saturated rings. The largest absolute Gasteiger partial charge is 0.443 e. The number of ether oxygens (including phenoxy) is 2. The van der Waals surface area contributed by atoms with Crippen LogP contribution in [0.1, 0.15) is 55.4 Å². The molecule has 228 valence electrons. The average Bonchev–Trinajstić information content (AvgIpc) is 3.53. The number of benzene rings is 1. The molecule has 0 aliphatic rings. The van der Waals surface area contributed by atoms with Crippen molar-refractivity contribution in [3.63, 3.8) is 0 Å². The van der Waals surface area contributed by atoms with Crippen molar-refractivity contribution < 1.29 is 23.9 Å². The van der Waals surface area contributed by atoms with Gasteiger partial charge in [-0.05, 0) is 65.8 Å². The van der Waals surface area contributed by atoms with Crippen molar-refractivity contribution >= 4 is 56.8 Å². The summed E-state index contributed by atoms with van der Waals surface area (Å²) in [7, 11) is 0. The van der Waals surface area contributed by atoms with Gasteiger partial charge in [0, 0.05) is 23.2 Å². The summed E-state index contributed by atoms with van der Waals surface area (Å²) in [6, 6.07) is 6.95. The summed E-state index contributed by atoms with van der Waals surface area (Å²) in [5.41, 5.74) is 0.579. The van der Waals surface area contributed by atoms with Crippen LogP contribution in [0.15, 0.2) is 42.9 Å². The van der Waals surface area contributed by atoms with Gasteiger partial charge in [0.05, 0.1) is 35.8 Å². The van der Waals surface area contributed by atoms with Crippen molar-refractivity contribution in [2.24, 2.45) is 0 Å². The number of nitrogens with one attached hydrogen (secondary N) is 2. The molecule has 0 bridgehead atoms. The minimum atomic E-state index is -0.782. The van der Waals surface area contributed by atoms with E-state index in [1.54, 1.807) is 78.2 Å². The van der Waals surface area contributed by atoms with Gasteiger partial charge in [-0.25, -0.2) is 14.5 Å². The first-order valence-corrected chi connectivity index (χ1v) is 14.5. The minimum Gasteiger partial charge on any atom is -0.443 e. The van der Waals surface area contributed by atoms with Gasteiger partial charge in [-0.3, -0.25) is 9.78 Å². The maximum absolute atomic E-state index is 13.5. The number of carbonyl (C=O) groups excluding carboxylic acids is 3. The van der Waals surface area contributed by atoms with Gasteiger partial charge in [0.25, 0.3) is 0 Å². The van der Waals surface area contributed by atoms with Crippen molar-refractivity contribution in [3.05, 3.63) is 42.9 Å². The second kappa shape index (κ2) is 12.4. The van der Waals surface area contributed by atoms with E-state index in [0.29, 0.717) is 32.8 Å². The van der Waals surface area contributed by atoms with Crippen LogP contribution in [0.4, 0.5) is 26.1 Å². The van der Waals surface area contributed by atoms with Crippen LogP contribution >= 0.6 is 11.3 Å². The van der Waals surface area contributed by atoms with Crippen LogP contribution in [-0.4, -0.2) is 66.8 Å². The zero-order chi connectivity index (χ0) is 31.5. The standard InChI is InChI=1S/C29H36N8O5S/c1-17(2)31-16-23(38)33-20-11-19(13-30-15-20)24-34-35-25(43-24)36(26(39)41-28(3,4)5)21-9-10-22-18(12-21)14-32-37(22)27(40)42-29(6,7)8/h9-15,17,31H,16H2,1-8H3,(H,33,38). The second-order valence-corrected chi connectivity index (χ2v) is 13.0. The van der Waals surface area contributed by atoms with Gasteiger partial charge in [-0.15, -0.1) is 10.2 Å². The lowest BCUT2D eigenvalue weighted by Crippen LogP contribution is -2.33. The number of nitrogens with zero attached hydrogens (tertiary/aromatic N) is 6. The minimum absolute atomic E-state index is 0.163. The Labute approximate surface area is 253 Å². The number of pyridine rings is 1. The molecule has 4 rings (SSSR count). The Kier molecular flexibility index (Phi) is 9.11. The van der Waals surface area contributed by atoms with E-state index < -0.39 is 23.4 Å². The molecule has 0 spiro atoms. The van der Waals surface area contributed by atoms with Crippen LogP contribution in [0, 0.1) is 0 Å². The van der Waals surface area contributed by atoms with E-state index in [4.69, 9.17) is 9.47 Å². The van der Waals surface area contributed by atoms with Gasteiger partial charge in [-0.1, -0.05) is 25.2 Å². The highest BCUT2D eigenvalue weighted by Crippen LogP contribution is 2.36. The number of hydrogen-bond donors (Lipinski definition) is 2. The Bertz CT molecular complexity index is 1630. The molecule has 0 saturated carbocycles. The third kappa shape index (κ3) is 8.32. The van der Waals surface area contributed by atoms with E-state index in [2.05, 4.69) is 30.9 Å². The number of anilines is 3. The Morgan fingerprint density at radius 1 is 0.977 bits per heavy atom. The van der Waals surface area contributed by atoms with Crippen LogP contribution in [-0.2, 0) is 14.3 Å². The van der Waals surface area contributed by atoms with E-state index in [1.165, 1.54) is 15.8 Å². The van der Waals surface area contributed by atoms with Gasteiger partial charge >= 0.3 is 12.2 Å². The highest BCUT2D eigenvalue weighted by molar-refractivity contribution is 7.18. The van der Waals surface area contributed by atoms with Crippen LogP contribution in [0.25, 0.3) is 21.5 Å². The van der Waals surface area contributed by atoms with E-state index in [0.717, 1.165) is 11.3 Å². The molecule has 0 aliphatic carbocycles. The summed E-state index contributed by atoms with van der Waals surface area (Å²) in [6.45, 7) is 14.7. The summed E-state index contributed by atoms with van der Waals surface area (Å²) < 4.78 is 12.3. The molecule has 0 radical (unpaired) electrons. The Morgan fingerprint density at radius 2 is 1.70 bits per heavy atom. The maximum atomic E-state index is 13.5. The van der Waals surface area contributed by atoms with Crippen LogP contribution in [0.2, 0.25) is 0 Å². The predicted molar refractivity (Wildman–Crippen MR) is 165 cm³/mol. The van der Waals surface area contributed by atoms with Crippen LogP contribution < -0.4 is 15.5 Å². The molecule has 0 unspecified atom stereocenters. The van der Waals surface area contributed by atoms with Crippen molar-refractivity contribution in [2.45, 2.75) is 72.6 Å². The molecule has 2 N–H and O–H groups in total. The van der Waals surface area contributed by atoms with Crippen molar-refractivity contribution in [3.8, 4) is 10.6 Å². The molecule has 1 aromatic carbocycles. The molecule has 3 heterocycles. The summed E-state index contributed by atoms with van der Waals surface area (Å²) in [5, 5.41) is 20.0. The number of amides is 2. The molecule has 14 heteroatoms. The molecule has 43 heavy (non-hydrogen) atoms. The van der Waals surface area contributed by atoms with Crippen molar-refractivity contribution in [1.29, 1.82) is 0 Å². The monoisotopic (exact) mass is 608 g/mol. The highest BCUT2D eigenvalue weighted by Gasteiger charge is 2.29. The molecular formula is C29H36N8O5S. The fraction of sp³-hybridized carbons (Fsp3) is 0.414. The summed E-state index contributed by atoms with van der Waals surface area (Å²) in [5.74, 6) is -0.202. The van der Waals surface area contributed by atoms with Gasteiger partial charge in [0.2, 0.25) is 11.0 Å². The van der Waals surface area contributed by atoms with Crippen molar-refractivity contribution in [1.82, 2.24) is 30.3 Å². The smallest absolute Gasteiger partial charge is 0.435 e. The zero-order valence-corrected chi connectivity index (χ0v) is 26.3. The first-order valence-electron chi connectivity index (χ1n) is 13.7. The predicted octanol–water partition coefficient (Wildman–Crippen LogP) is 5.74. The van der Waals surface area contributed by atoms with E-state index in [1.807, 2.05) is 13.8 Å². The molecule has 0 atom stereocenters. The normalized spacial score (nSPS) is 11.9. The van der Waals surface area contributed by atoms with E-state index in [-0.39, 0.29) is 23.6 Å². The summed E-state index contributed by atoms with van der Waals surface area (Å²) in [4.78, 5) is 44.0. The molecule has 13 nitrogen and oxygen atoms in total. The Morgan fingerprint density at radius 3 is 2.37 bits per heavy atom. The summed E-state index contributed by atoms with van der Waals surface area (Å²) in [6.07, 6.45) is 3.38. The van der Waals surface area contributed by atoms with E-state index >= 15 is 0 Å². The number of aromatic nitrogens is 5. The number of rotatable bonds is 7. The first kappa shape index (κ1) is 31.5. The second-order valence-electron chi connectivity index (χ2n) is 12.0. The highest BCUT2D eigenvalue weighted by atomic mass is 32.1. The first-order chi connectivity index (χ1) is 20.1. The maximum Gasteiger partial charge on any atom is 0.435 e. The lowest BCUT2D eigenvalue weighted by molar-refractivity contribution is -0.115. The third-order valence-electron chi connectivity index (χ3n) is 5.50. The van der Waals surface area contributed by atoms with Crippen molar-refractivity contribution in [2.75, 3.05) is 16.8 Å². The molecule has 0 aliphatic heterocycles. The van der Waals surface area contributed by atoms with Gasteiger partial charge in [0.1, 0.15) is 11.2 Å². The van der Waals surface area contributed by atoms with Crippen LogP contribution in [0.3, 0.4) is 0 Å². The molecular weight excluding hydrogens is 572 g/mol. The quantitative estimate of drug-likeness (QED) is 0.265. The Hall–Kier alpha value is -4.43. The lowest BCUT2D eigenvalue weighted by Gasteiger charge is -2.25. The third-order valence-corrected chi connectivity index (χ3v) is 6.46. The number of fused-ring (bicyclic) bond motifs is 1. The number of hydrogen-bond acceptors (Lipinski definition) is 11. The summed E-state index contributed by atoms with van der Waals surface area (Å²) >= 11 is 1.15. The van der Waals surface area contributed by atoms with Crippen LogP contribution in [0.5, 0.6) is 0 Å². The lowest BCUT2D eigenvalue weighted by atomic mass is 10.2. The SMILES string of the molecule is CC(C)NCC(=O)Nc1cncc(-c2nnc(N(C(=O)OC(C)(C)C)c3ccc4c(cnn4C(=O)OC(C)(C)C)c3)s2)c1. The fourth-order valence-electron chi connectivity index (χ4n) is 3.76. The van der Waals surface area contributed by atoms with Gasteiger partial charge < -0.3 is 20.1 Å². The fourth-order valence-corrected chi connectivity index (χ4v) is 4.60. The molecule has 3 aromatic heterocycles. The zero-order valence-electron chi connectivity index (χ0n) is 25.5. The Balaban J connectivity index is 1.66. The van der Waals surface area contributed by atoms with Gasteiger partial charge in [-0.2, -0.15) is 9.78 Å². The molecule has 4 aromatic rings. The number of carbonyl (C=O) groups is 3. The van der Waals surface area contributed by atoms with E-state index in [9.17, 15) is 14.4 Å². The van der Waals surface area contributed by atoms with Gasteiger partial charge in [0.15, 0.2) is 5.01 Å². The molecule has 0 saturated heterocycles. The average molecular weight is 609 g/mol. The molecule has 2 amide bonds. The topological polar surface area (TPSA) is 153 Å².